The van der Waals surface area contributed by atoms with E-state index in [1.54, 1.807) is 10.7 Å². The van der Waals surface area contributed by atoms with Crippen LogP contribution in [0.2, 0.25) is 0 Å². The summed E-state index contributed by atoms with van der Waals surface area (Å²) in [6.45, 7) is 8.10. The predicted octanol–water partition coefficient (Wildman–Crippen LogP) is 3.34. The quantitative estimate of drug-likeness (QED) is 0.558. The number of carbonyl (C=O) groups is 2. The van der Waals surface area contributed by atoms with Crippen LogP contribution in [0.5, 0.6) is 0 Å². The van der Waals surface area contributed by atoms with E-state index in [0.29, 0.717) is 17.9 Å². The molecule has 1 aromatic carbocycles. The Bertz CT molecular complexity index is 1070. The minimum atomic E-state index is -0.248. The van der Waals surface area contributed by atoms with Crippen LogP contribution in [0.3, 0.4) is 0 Å². The van der Waals surface area contributed by atoms with Gasteiger partial charge in [0.25, 0.3) is 5.91 Å². The third-order valence-electron chi connectivity index (χ3n) is 5.30. The molecule has 158 valence electrons. The van der Waals surface area contributed by atoms with Gasteiger partial charge in [-0.25, -0.2) is 0 Å². The lowest BCUT2D eigenvalue weighted by Gasteiger charge is -2.11. The number of nitrogens with zero attached hydrogens (tertiary/aromatic N) is 3. The number of rotatable bonds is 7. The molecule has 0 fully saturated rings. The highest BCUT2D eigenvalue weighted by atomic mass is 16.2. The Morgan fingerprint density at radius 1 is 1.23 bits per heavy atom. The van der Waals surface area contributed by atoms with E-state index in [-0.39, 0.29) is 17.7 Å². The number of benzene rings is 1. The fourth-order valence-electron chi connectivity index (χ4n) is 3.20. The van der Waals surface area contributed by atoms with Gasteiger partial charge < -0.3 is 10.6 Å². The van der Waals surface area contributed by atoms with Gasteiger partial charge in [0.1, 0.15) is 5.69 Å². The number of hydrogen-bond donors (Lipinski definition) is 3. The maximum atomic E-state index is 12.6. The molecule has 8 heteroatoms. The molecule has 0 radical (unpaired) electrons. The molecule has 0 bridgehead atoms. The van der Waals surface area contributed by atoms with Crippen LogP contribution < -0.4 is 10.6 Å². The topological polar surface area (TPSA) is 105 Å². The summed E-state index contributed by atoms with van der Waals surface area (Å²) >= 11 is 0. The van der Waals surface area contributed by atoms with Crippen molar-refractivity contribution in [3.63, 3.8) is 0 Å². The molecule has 3 N–H and O–H groups in total. The minimum absolute atomic E-state index is 0.00957. The first-order valence-corrected chi connectivity index (χ1v) is 10.0. The summed E-state index contributed by atoms with van der Waals surface area (Å²) in [6.07, 6.45) is 0.784. The highest BCUT2D eigenvalue weighted by Crippen LogP contribution is 2.25. The molecule has 2 aromatic heterocycles. The van der Waals surface area contributed by atoms with Crippen molar-refractivity contribution in [1.29, 1.82) is 0 Å². The van der Waals surface area contributed by atoms with Crippen molar-refractivity contribution in [2.24, 2.45) is 13.0 Å². The van der Waals surface area contributed by atoms with Gasteiger partial charge in [0.2, 0.25) is 5.91 Å². The molecule has 0 aliphatic carbocycles. The Morgan fingerprint density at radius 3 is 2.67 bits per heavy atom. The number of aryl methyl sites for hydroxylation is 2. The second kappa shape index (κ2) is 8.94. The maximum absolute atomic E-state index is 12.6. The van der Waals surface area contributed by atoms with Gasteiger partial charge in [-0.15, -0.1) is 0 Å². The van der Waals surface area contributed by atoms with Crippen LogP contribution in [-0.2, 0) is 18.4 Å². The normalized spacial score (nSPS) is 11.9. The summed E-state index contributed by atoms with van der Waals surface area (Å²) < 4.78 is 1.80. The smallest absolute Gasteiger partial charge is 0.269 e. The van der Waals surface area contributed by atoms with E-state index < -0.39 is 0 Å². The summed E-state index contributed by atoms with van der Waals surface area (Å²) in [7, 11) is 1.88. The molecule has 3 aromatic rings. The fourth-order valence-corrected chi connectivity index (χ4v) is 3.20. The van der Waals surface area contributed by atoms with Crippen molar-refractivity contribution in [1.82, 2.24) is 25.3 Å². The van der Waals surface area contributed by atoms with Gasteiger partial charge in [0.05, 0.1) is 11.4 Å². The van der Waals surface area contributed by atoms with Gasteiger partial charge in [0, 0.05) is 36.5 Å². The first kappa shape index (κ1) is 21.3. The third-order valence-corrected chi connectivity index (χ3v) is 5.30. The van der Waals surface area contributed by atoms with Crippen LogP contribution in [0.15, 0.2) is 30.3 Å². The molecule has 0 aliphatic rings. The lowest BCUT2D eigenvalue weighted by molar-refractivity contribution is -0.119. The summed E-state index contributed by atoms with van der Waals surface area (Å²) in [6, 6.07) is 9.19. The van der Waals surface area contributed by atoms with E-state index in [2.05, 4.69) is 25.9 Å². The SMILES string of the molecule is CCC(C)C(=O)Nc1cccc(CNC(=O)c2cc(-c3c(C)nn(C)c3C)n[nH]2)c1. The first-order valence-electron chi connectivity index (χ1n) is 10.0. The Kier molecular flexibility index (Phi) is 6.34. The van der Waals surface area contributed by atoms with E-state index in [1.807, 2.05) is 59.0 Å². The van der Waals surface area contributed by atoms with Crippen molar-refractivity contribution >= 4 is 17.5 Å². The number of anilines is 1. The van der Waals surface area contributed by atoms with Gasteiger partial charge in [-0.3, -0.25) is 19.4 Å². The van der Waals surface area contributed by atoms with Crippen LogP contribution in [0.25, 0.3) is 11.3 Å². The highest BCUT2D eigenvalue weighted by Gasteiger charge is 2.17. The van der Waals surface area contributed by atoms with Crippen LogP contribution in [0, 0.1) is 19.8 Å². The number of aromatic nitrogens is 4. The lowest BCUT2D eigenvalue weighted by Crippen LogP contribution is -2.23. The summed E-state index contributed by atoms with van der Waals surface area (Å²) in [4.78, 5) is 24.6. The Hall–Kier alpha value is -3.42. The Morgan fingerprint density at radius 2 is 2.00 bits per heavy atom. The molecule has 2 heterocycles. The van der Waals surface area contributed by atoms with Crippen molar-refractivity contribution in [2.45, 2.75) is 40.7 Å². The van der Waals surface area contributed by atoms with Crippen LogP contribution in [0.1, 0.15) is 47.7 Å². The van der Waals surface area contributed by atoms with Crippen molar-refractivity contribution in [2.75, 3.05) is 5.32 Å². The zero-order valence-corrected chi connectivity index (χ0v) is 18.0. The van der Waals surface area contributed by atoms with E-state index in [1.165, 1.54) is 0 Å². The summed E-state index contributed by atoms with van der Waals surface area (Å²) in [5.41, 5.74) is 5.47. The molecule has 2 amide bonds. The molecule has 1 unspecified atom stereocenters. The Balaban J connectivity index is 1.65. The molecular formula is C22H28N6O2. The second-order valence-corrected chi connectivity index (χ2v) is 7.52. The van der Waals surface area contributed by atoms with Crippen LogP contribution in [-0.4, -0.2) is 31.8 Å². The standard InChI is InChI=1S/C22H28N6O2/c1-6-13(2)21(29)24-17-9-7-8-16(10-17)12-23-22(30)19-11-18(25-26-19)20-14(3)27-28(5)15(20)4/h7-11,13H,6,12H2,1-5H3,(H,23,30)(H,24,29)(H,25,26). The molecular weight excluding hydrogens is 380 g/mol. The van der Waals surface area contributed by atoms with E-state index in [9.17, 15) is 9.59 Å². The number of H-pyrrole nitrogens is 1. The second-order valence-electron chi connectivity index (χ2n) is 7.52. The average Bonchev–Trinajstić information content (AvgIpc) is 3.30. The van der Waals surface area contributed by atoms with E-state index >= 15 is 0 Å². The third kappa shape index (κ3) is 4.59. The summed E-state index contributed by atoms with van der Waals surface area (Å²) in [5, 5.41) is 17.3. The fraction of sp³-hybridized carbons (Fsp3) is 0.364. The largest absolute Gasteiger partial charge is 0.347 e. The Labute approximate surface area is 176 Å². The van der Waals surface area contributed by atoms with Crippen molar-refractivity contribution in [3.05, 3.63) is 53.0 Å². The van der Waals surface area contributed by atoms with Gasteiger partial charge >= 0.3 is 0 Å². The average molecular weight is 409 g/mol. The molecule has 30 heavy (non-hydrogen) atoms. The van der Waals surface area contributed by atoms with Crippen LogP contribution >= 0.6 is 0 Å². The number of aromatic amines is 1. The minimum Gasteiger partial charge on any atom is -0.347 e. The molecule has 0 saturated carbocycles. The highest BCUT2D eigenvalue weighted by molar-refractivity contribution is 5.94. The van der Waals surface area contributed by atoms with Gasteiger partial charge in [-0.1, -0.05) is 26.0 Å². The first-order chi connectivity index (χ1) is 14.3. The van der Waals surface area contributed by atoms with Gasteiger partial charge in [-0.2, -0.15) is 10.2 Å². The zero-order chi connectivity index (χ0) is 21.8. The predicted molar refractivity (Wildman–Crippen MR) is 116 cm³/mol. The number of amides is 2. The van der Waals surface area contributed by atoms with E-state index in [4.69, 9.17) is 0 Å². The van der Waals surface area contributed by atoms with Crippen molar-refractivity contribution < 1.29 is 9.59 Å². The molecule has 8 nitrogen and oxygen atoms in total. The van der Waals surface area contributed by atoms with E-state index in [0.717, 1.165) is 34.6 Å². The van der Waals surface area contributed by atoms with Gasteiger partial charge in [0.15, 0.2) is 0 Å². The maximum Gasteiger partial charge on any atom is 0.269 e. The molecule has 1 atom stereocenters. The number of carbonyl (C=O) groups excluding carboxylic acids is 2. The van der Waals surface area contributed by atoms with Crippen molar-refractivity contribution in [3.8, 4) is 11.3 Å². The number of nitrogens with one attached hydrogen (secondary N) is 3. The molecule has 0 spiro atoms. The number of hydrogen-bond acceptors (Lipinski definition) is 4. The van der Waals surface area contributed by atoms with Gasteiger partial charge in [-0.05, 0) is 44.0 Å². The molecule has 0 aliphatic heterocycles. The molecule has 0 saturated heterocycles. The molecule has 3 rings (SSSR count). The monoisotopic (exact) mass is 408 g/mol. The van der Waals surface area contributed by atoms with Crippen LogP contribution in [0.4, 0.5) is 5.69 Å². The summed E-state index contributed by atoms with van der Waals surface area (Å²) in [5.74, 6) is -0.304. The lowest BCUT2D eigenvalue weighted by atomic mass is 10.1. The zero-order valence-electron chi connectivity index (χ0n) is 18.0.